The van der Waals surface area contributed by atoms with Crippen LogP contribution >= 0.6 is 0 Å². The first kappa shape index (κ1) is 18.3. The molecule has 1 aliphatic heterocycles. The molecule has 1 saturated heterocycles. The summed E-state index contributed by atoms with van der Waals surface area (Å²) in [6.07, 6.45) is 1.89. The number of para-hydroxylation sites is 2. The van der Waals surface area contributed by atoms with Crippen LogP contribution in [-0.4, -0.2) is 35.6 Å². The second-order valence-corrected chi connectivity index (χ2v) is 7.16. The summed E-state index contributed by atoms with van der Waals surface area (Å²) in [6.45, 7) is 4.76. The van der Waals surface area contributed by atoms with Gasteiger partial charge in [-0.3, -0.25) is 4.79 Å². The number of imidazole rings is 1. The van der Waals surface area contributed by atoms with Crippen molar-refractivity contribution in [3.8, 4) is 5.75 Å². The highest BCUT2D eigenvalue weighted by Gasteiger charge is 2.27. The number of nitrogens with zero attached hydrogens (tertiary/aromatic N) is 2. The summed E-state index contributed by atoms with van der Waals surface area (Å²) in [5.74, 6) is 1.79. The van der Waals surface area contributed by atoms with Crippen molar-refractivity contribution < 1.29 is 9.53 Å². The maximum absolute atomic E-state index is 12.7. The summed E-state index contributed by atoms with van der Waals surface area (Å²) in [5.41, 5.74) is 3.06. The van der Waals surface area contributed by atoms with E-state index in [9.17, 15) is 4.79 Å². The summed E-state index contributed by atoms with van der Waals surface area (Å²) < 4.78 is 5.46. The molecule has 4 rings (SSSR count). The van der Waals surface area contributed by atoms with Crippen molar-refractivity contribution >= 4 is 22.9 Å². The van der Waals surface area contributed by atoms with Crippen LogP contribution in [0.5, 0.6) is 5.75 Å². The van der Waals surface area contributed by atoms with Gasteiger partial charge in [-0.05, 0) is 49.6 Å². The van der Waals surface area contributed by atoms with Crippen molar-refractivity contribution in [2.45, 2.75) is 26.3 Å². The van der Waals surface area contributed by atoms with Crippen LogP contribution in [0.4, 0.5) is 5.95 Å². The topological polar surface area (TPSA) is 70.2 Å². The van der Waals surface area contributed by atoms with Gasteiger partial charge >= 0.3 is 0 Å². The third-order valence-corrected chi connectivity index (χ3v) is 5.17. The molecule has 146 valence electrons. The van der Waals surface area contributed by atoms with Crippen LogP contribution in [0.3, 0.4) is 0 Å². The molecule has 0 spiro atoms. The van der Waals surface area contributed by atoms with E-state index < -0.39 is 0 Å². The minimum absolute atomic E-state index is 0.0235. The second kappa shape index (κ2) is 8.33. The van der Waals surface area contributed by atoms with E-state index in [0.717, 1.165) is 47.7 Å². The molecule has 0 aliphatic carbocycles. The second-order valence-electron chi connectivity index (χ2n) is 7.16. The lowest BCUT2D eigenvalue weighted by atomic mass is 9.97. The van der Waals surface area contributed by atoms with Crippen molar-refractivity contribution in [2.24, 2.45) is 5.92 Å². The highest BCUT2D eigenvalue weighted by Crippen LogP contribution is 2.23. The molecule has 1 unspecified atom stereocenters. The quantitative estimate of drug-likeness (QED) is 0.689. The largest absolute Gasteiger partial charge is 0.494 e. The van der Waals surface area contributed by atoms with E-state index in [2.05, 4.69) is 20.2 Å². The molecule has 6 nitrogen and oxygen atoms in total. The highest BCUT2D eigenvalue weighted by atomic mass is 16.5. The number of hydrogen-bond donors (Lipinski definition) is 2. The summed E-state index contributed by atoms with van der Waals surface area (Å²) in [7, 11) is 0. The number of nitrogens with one attached hydrogen (secondary N) is 2. The number of aromatic amines is 1. The fourth-order valence-electron chi connectivity index (χ4n) is 3.68. The molecule has 6 heteroatoms. The van der Waals surface area contributed by atoms with Crippen LogP contribution in [0.25, 0.3) is 11.0 Å². The van der Waals surface area contributed by atoms with Gasteiger partial charge in [0.1, 0.15) is 5.75 Å². The molecule has 1 amide bonds. The summed E-state index contributed by atoms with van der Waals surface area (Å²) in [5, 5.41) is 3.08. The predicted molar refractivity (Wildman–Crippen MR) is 110 cm³/mol. The Morgan fingerprint density at radius 3 is 2.86 bits per heavy atom. The molecule has 0 saturated carbocycles. The molecule has 0 bridgehead atoms. The van der Waals surface area contributed by atoms with Gasteiger partial charge in [-0.15, -0.1) is 0 Å². The third kappa shape index (κ3) is 4.11. The van der Waals surface area contributed by atoms with E-state index in [1.807, 2.05) is 55.5 Å². The minimum atomic E-state index is -0.0235. The number of aromatic nitrogens is 2. The van der Waals surface area contributed by atoms with Gasteiger partial charge in [0.15, 0.2) is 0 Å². The molecular formula is C22H26N4O2. The fraction of sp³-hybridized carbons (Fsp3) is 0.364. The standard InChI is InChI=1S/C22H26N4O2/c1-2-28-18-11-9-16(10-12-18)14-23-21(27)17-6-5-13-26(15-17)22-24-19-7-3-4-8-20(19)25-22/h3-4,7-12,17H,2,5-6,13-15H2,1H3,(H,23,27)(H,24,25). The number of benzene rings is 2. The zero-order valence-corrected chi connectivity index (χ0v) is 16.1. The predicted octanol–water partition coefficient (Wildman–Crippen LogP) is 3.49. The van der Waals surface area contributed by atoms with Gasteiger partial charge < -0.3 is 19.9 Å². The number of rotatable bonds is 6. The van der Waals surface area contributed by atoms with Crippen molar-refractivity contribution in [2.75, 3.05) is 24.6 Å². The van der Waals surface area contributed by atoms with E-state index in [4.69, 9.17) is 4.74 Å². The zero-order valence-electron chi connectivity index (χ0n) is 16.1. The van der Waals surface area contributed by atoms with E-state index in [1.165, 1.54) is 0 Å². The number of carbonyl (C=O) groups excluding carboxylic acids is 1. The molecule has 0 radical (unpaired) electrons. The van der Waals surface area contributed by atoms with Gasteiger partial charge in [0.25, 0.3) is 0 Å². The number of anilines is 1. The van der Waals surface area contributed by atoms with E-state index in [0.29, 0.717) is 19.7 Å². The number of H-pyrrole nitrogens is 1. The number of ether oxygens (including phenoxy) is 1. The number of hydrogen-bond acceptors (Lipinski definition) is 4. The van der Waals surface area contributed by atoms with Crippen molar-refractivity contribution in [3.63, 3.8) is 0 Å². The molecule has 1 atom stereocenters. The molecular weight excluding hydrogens is 352 g/mol. The van der Waals surface area contributed by atoms with Crippen molar-refractivity contribution in [1.82, 2.24) is 15.3 Å². The Labute approximate surface area is 164 Å². The van der Waals surface area contributed by atoms with Crippen LogP contribution in [0.15, 0.2) is 48.5 Å². The van der Waals surface area contributed by atoms with Gasteiger partial charge in [0, 0.05) is 19.6 Å². The number of fused-ring (bicyclic) bond motifs is 1. The maximum atomic E-state index is 12.7. The van der Waals surface area contributed by atoms with Crippen LogP contribution < -0.4 is 15.0 Å². The summed E-state index contributed by atoms with van der Waals surface area (Å²) in [6, 6.07) is 15.9. The summed E-state index contributed by atoms with van der Waals surface area (Å²) >= 11 is 0. The maximum Gasteiger partial charge on any atom is 0.225 e. The number of piperidine rings is 1. The molecule has 28 heavy (non-hydrogen) atoms. The first-order valence-electron chi connectivity index (χ1n) is 9.92. The van der Waals surface area contributed by atoms with E-state index >= 15 is 0 Å². The normalized spacial score (nSPS) is 16.9. The molecule has 1 fully saturated rings. The van der Waals surface area contributed by atoms with E-state index in [1.54, 1.807) is 0 Å². The van der Waals surface area contributed by atoms with Gasteiger partial charge in [-0.25, -0.2) is 4.98 Å². The monoisotopic (exact) mass is 378 g/mol. The lowest BCUT2D eigenvalue weighted by molar-refractivity contribution is -0.125. The Morgan fingerprint density at radius 2 is 2.07 bits per heavy atom. The van der Waals surface area contributed by atoms with Gasteiger partial charge in [-0.1, -0.05) is 24.3 Å². The average Bonchev–Trinajstić information content (AvgIpc) is 3.18. The van der Waals surface area contributed by atoms with Crippen molar-refractivity contribution in [3.05, 3.63) is 54.1 Å². The van der Waals surface area contributed by atoms with E-state index in [-0.39, 0.29) is 11.8 Å². The molecule has 2 aromatic carbocycles. The molecule has 1 aromatic heterocycles. The molecule has 1 aliphatic rings. The van der Waals surface area contributed by atoms with Gasteiger partial charge in [-0.2, -0.15) is 0 Å². The van der Waals surface area contributed by atoms with Crippen LogP contribution in [0.1, 0.15) is 25.3 Å². The van der Waals surface area contributed by atoms with Crippen LogP contribution in [0.2, 0.25) is 0 Å². The Balaban J connectivity index is 1.35. The van der Waals surface area contributed by atoms with Gasteiger partial charge in [0.05, 0.1) is 23.6 Å². The fourth-order valence-corrected chi connectivity index (χ4v) is 3.68. The summed E-state index contributed by atoms with van der Waals surface area (Å²) in [4.78, 5) is 22.9. The molecule has 2 N–H and O–H groups in total. The van der Waals surface area contributed by atoms with Crippen molar-refractivity contribution in [1.29, 1.82) is 0 Å². The SMILES string of the molecule is CCOc1ccc(CNC(=O)C2CCCN(c3nc4ccccc4[nH]3)C2)cc1. The smallest absolute Gasteiger partial charge is 0.225 e. The Bertz CT molecular complexity index is 902. The lowest BCUT2D eigenvalue weighted by Gasteiger charge is -2.31. The minimum Gasteiger partial charge on any atom is -0.494 e. The van der Waals surface area contributed by atoms with Gasteiger partial charge in [0.2, 0.25) is 11.9 Å². The first-order chi connectivity index (χ1) is 13.7. The van der Waals surface area contributed by atoms with Crippen LogP contribution in [0, 0.1) is 5.92 Å². The third-order valence-electron chi connectivity index (χ3n) is 5.17. The highest BCUT2D eigenvalue weighted by molar-refractivity contribution is 5.80. The Kier molecular flexibility index (Phi) is 5.46. The zero-order chi connectivity index (χ0) is 19.3. The number of amides is 1. The lowest BCUT2D eigenvalue weighted by Crippen LogP contribution is -2.43. The Hall–Kier alpha value is -3.02. The molecule has 3 aromatic rings. The average molecular weight is 378 g/mol. The van der Waals surface area contributed by atoms with Crippen LogP contribution in [-0.2, 0) is 11.3 Å². The Morgan fingerprint density at radius 1 is 1.25 bits per heavy atom. The first-order valence-corrected chi connectivity index (χ1v) is 9.92. The molecule has 2 heterocycles. The number of carbonyl (C=O) groups is 1.